The van der Waals surface area contributed by atoms with Gasteiger partial charge in [0.25, 0.3) is 0 Å². The highest BCUT2D eigenvalue weighted by Gasteiger charge is 2.41. The zero-order valence-corrected chi connectivity index (χ0v) is 19.7. The summed E-state index contributed by atoms with van der Waals surface area (Å²) in [6.07, 6.45) is 4.21. The standard InChI is InChI=1S/C23H24ClN7O4/c1-13-6-14(2-4-26-13)21-17(24)7-18-22(29-21)31(15-3-5-30(18)10-15)23(34)28-19-8-25-9-20(27-19)35-12-16(33)11-32/h2,4,6-9,15-16,32-33H,3,5,10-12H2,1H3,(H,27,28,34)/t15-,16+/m0/s1. The largest absolute Gasteiger partial charge is 0.474 e. The van der Waals surface area contributed by atoms with Gasteiger partial charge >= 0.3 is 6.03 Å². The van der Waals surface area contributed by atoms with Crippen molar-refractivity contribution >= 4 is 35.0 Å². The number of aliphatic hydroxyl groups excluding tert-OH is 2. The average Bonchev–Trinajstić information content (AvgIpc) is 3.27. The zero-order chi connectivity index (χ0) is 24.5. The minimum atomic E-state index is -1.04. The van der Waals surface area contributed by atoms with Crippen LogP contribution in [-0.4, -0.2) is 74.6 Å². The summed E-state index contributed by atoms with van der Waals surface area (Å²) in [6, 6.07) is 5.14. The van der Waals surface area contributed by atoms with Crippen LogP contribution in [-0.2, 0) is 0 Å². The molecule has 5 rings (SSSR count). The molecular formula is C23H24ClN7O4. The third-order valence-corrected chi connectivity index (χ3v) is 6.19. The number of ether oxygens (including phenoxy) is 1. The van der Waals surface area contributed by atoms with Gasteiger partial charge in [-0.2, -0.15) is 4.98 Å². The number of aromatic nitrogens is 4. The van der Waals surface area contributed by atoms with Gasteiger partial charge in [-0.15, -0.1) is 0 Å². The molecule has 1 fully saturated rings. The lowest BCUT2D eigenvalue weighted by Gasteiger charge is -2.36. The predicted octanol–water partition coefficient (Wildman–Crippen LogP) is 2.26. The van der Waals surface area contributed by atoms with E-state index in [9.17, 15) is 9.90 Å². The lowest BCUT2D eigenvalue weighted by molar-refractivity contribution is 0.0520. The number of aryl methyl sites for hydroxylation is 1. The van der Waals surface area contributed by atoms with Crippen LogP contribution < -0.4 is 19.9 Å². The van der Waals surface area contributed by atoms with Crippen molar-refractivity contribution in [3.05, 3.63) is 47.5 Å². The first kappa shape index (κ1) is 23.2. The van der Waals surface area contributed by atoms with Gasteiger partial charge in [-0.1, -0.05) is 11.6 Å². The van der Waals surface area contributed by atoms with Crippen LogP contribution in [0.4, 0.5) is 22.1 Å². The number of pyridine rings is 2. The molecule has 182 valence electrons. The number of carbonyl (C=O) groups excluding carboxylic acids is 1. The molecule has 1 saturated heterocycles. The van der Waals surface area contributed by atoms with Crippen molar-refractivity contribution < 1.29 is 19.7 Å². The minimum Gasteiger partial charge on any atom is -0.474 e. The molecule has 3 N–H and O–H groups in total. The average molecular weight is 498 g/mol. The number of hydrogen-bond donors (Lipinski definition) is 3. The maximum atomic E-state index is 13.5. The highest BCUT2D eigenvalue weighted by Crippen LogP contribution is 2.43. The normalized spacial score (nSPS) is 17.2. The van der Waals surface area contributed by atoms with Gasteiger partial charge in [0.2, 0.25) is 5.88 Å². The van der Waals surface area contributed by atoms with Gasteiger partial charge in [-0.3, -0.25) is 20.2 Å². The zero-order valence-electron chi connectivity index (χ0n) is 18.9. The molecule has 0 aliphatic carbocycles. The lowest BCUT2D eigenvalue weighted by Crippen LogP contribution is -2.48. The number of urea groups is 1. The first-order valence-electron chi connectivity index (χ1n) is 11.2. The summed E-state index contributed by atoms with van der Waals surface area (Å²) < 4.78 is 5.33. The van der Waals surface area contributed by atoms with Crippen molar-refractivity contribution in [2.45, 2.75) is 25.5 Å². The number of anilines is 3. The minimum absolute atomic E-state index is 0.0599. The lowest BCUT2D eigenvalue weighted by atomic mass is 10.1. The smallest absolute Gasteiger partial charge is 0.329 e. The molecule has 2 atom stereocenters. The van der Waals surface area contributed by atoms with Crippen LogP contribution >= 0.6 is 11.6 Å². The molecule has 0 saturated carbocycles. The molecule has 12 heteroatoms. The van der Waals surface area contributed by atoms with E-state index in [1.54, 1.807) is 11.1 Å². The quantitative estimate of drug-likeness (QED) is 0.468. The molecule has 2 bridgehead atoms. The molecule has 3 aromatic rings. The number of hydrogen-bond acceptors (Lipinski definition) is 9. The van der Waals surface area contributed by atoms with Crippen molar-refractivity contribution in [2.75, 3.05) is 41.4 Å². The summed E-state index contributed by atoms with van der Waals surface area (Å²) in [6.45, 7) is 2.78. The maximum Gasteiger partial charge on any atom is 0.329 e. The Bertz CT molecular complexity index is 1260. The van der Waals surface area contributed by atoms with Gasteiger partial charge < -0.3 is 19.8 Å². The van der Waals surface area contributed by atoms with Crippen LogP contribution in [0.15, 0.2) is 36.8 Å². The SMILES string of the molecule is Cc1cc(-c2nc3c(cc2Cl)N2CC[C@@H](C2)N3C(=O)Nc2cncc(OC[C@H](O)CO)n2)ccn1. The van der Waals surface area contributed by atoms with Gasteiger partial charge in [0.1, 0.15) is 12.7 Å². The summed E-state index contributed by atoms with van der Waals surface area (Å²) in [4.78, 5) is 34.6. The van der Waals surface area contributed by atoms with E-state index in [4.69, 9.17) is 26.4 Å². The monoisotopic (exact) mass is 497 g/mol. The number of fused-ring (bicyclic) bond motifs is 4. The van der Waals surface area contributed by atoms with Gasteiger partial charge in [0.05, 0.1) is 41.4 Å². The Balaban J connectivity index is 1.44. The van der Waals surface area contributed by atoms with Gasteiger partial charge in [-0.05, 0) is 31.5 Å². The summed E-state index contributed by atoms with van der Waals surface area (Å²) in [5.41, 5.74) is 3.03. The first-order chi connectivity index (χ1) is 16.9. The molecule has 5 heterocycles. The highest BCUT2D eigenvalue weighted by atomic mass is 35.5. The Morgan fingerprint density at radius 3 is 3.00 bits per heavy atom. The molecule has 0 spiro atoms. The van der Waals surface area contributed by atoms with E-state index < -0.39 is 18.7 Å². The van der Waals surface area contributed by atoms with E-state index >= 15 is 0 Å². The third kappa shape index (κ3) is 4.70. The second-order valence-electron chi connectivity index (χ2n) is 8.43. The van der Waals surface area contributed by atoms with Crippen LogP contribution in [0.1, 0.15) is 12.1 Å². The molecule has 11 nitrogen and oxygen atoms in total. The first-order valence-corrected chi connectivity index (χ1v) is 11.5. The number of amides is 2. The number of carbonyl (C=O) groups is 1. The molecule has 3 aromatic heterocycles. The van der Waals surface area contributed by atoms with Crippen molar-refractivity contribution in [3.8, 4) is 17.1 Å². The summed E-state index contributed by atoms with van der Waals surface area (Å²) >= 11 is 6.63. The molecule has 2 aliphatic heterocycles. The van der Waals surface area contributed by atoms with Crippen LogP contribution in [0.2, 0.25) is 5.02 Å². The Hall–Kier alpha value is -3.54. The molecule has 0 aromatic carbocycles. The Kier molecular flexibility index (Phi) is 6.37. The van der Waals surface area contributed by atoms with Crippen LogP contribution in [0.5, 0.6) is 5.88 Å². The van der Waals surface area contributed by atoms with Crippen LogP contribution in [0.3, 0.4) is 0 Å². The van der Waals surface area contributed by atoms with E-state index in [1.807, 2.05) is 25.1 Å². The van der Waals surface area contributed by atoms with Gasteiger partial charge in [0.15, 0.2) is 11.6 Å². The summed E-state index contributed by atoms with van der Waals surface area (Å²) in [5.74, 6) is 0.824. The van der Waals surface area contributed by atoms with Crippen molar-refractivity contribution in [1.82, 2.24) is 19.9 Å². The van der Waals surface area contributed by atoms with Crippen molar-refractivity contribution in [3.63, 3.8) is 0 Å². The molecule has 0 unspecified atom stereocenters. The second-order valence-corrected chi connectivity index (χ2v) is 8.83. The van der Waals surface area contributed by atoms with Gasteiger partial charge in [-0.25, -0.2) is 9.78 Å². The van der Waals surface area contributed by atoms with Gasteiger partial charge in [0, 0.05) is 30.5 Å². The summed E-state index contributed by atoms with van der Waals surface area (Å²) in [5, 5.41) is 21.7. The van der Waals surface area contributed by atoms with E-state index in [1.165, 1.54) is 12.4 Å². The summed E-state index contributed by atoms with van der Waals surface area (Å²) in [7, 11) is 0. The fourth-order valence-electron chi connectivity index (χ4n) is 4.26. The van der Waals surface area contributed by atoms with Crippen molar-refractivity contribution in [1.29, 1.82) is 0 Å². The topological polar surface area (TPSA) is 137 Å². The van der Waals surface area contributed by atoms with Crippen LogP contribution in [0, 0.1) is 6.92 Å². The second kappa shape index (κ2) is 9.61. The third-order valence-electron chi connectivity index (χ3n) is 5.90. The highest BCUT2D eigenvalue weighted by molar-refractivity contribution is 6.33. The van der Waals surface area contributed by atoms with Crippen molar-refractivity contribution in [2.24, 2.45) is 0 Å². The molecular weight excluding hydrogens is 474 g/mol. The number of rotatable bonds is 6. The number of halogens is 1. The van der Waals surface area contributed by atoms with E-state index in [0.29, 0.717) is 23.1 Å². The van der Waals surface area contributed by atoms with E-state index in [0.717, 1.165) is 29.9 Å². The Labute approximate surface area is 206 Å². The number of nitrogens with one attached hydrogen (secondary N) is 1. The molecule has 35 heavy (non-hydrogen) atoms. The maximum absolute atomic E-state index is 13.5. The predicted molar refractivity (Wildman–Crippen MR) is 130 cm³/mol. The van der Waals surface area contributed by atoms with E-state index in [2.05, 4.69) is 25.2 Å². The molecule has 2 aliphatic rings. The fourth-order valence-corrected chi connectivity index (χ4v) is 4.52. The molecule has 2 amide bonds. The number of aliphatic hydroxyl groups is 2. The Morgan fingerprint density at radius 1 is 1.34 bits per heavy atom. The Morgan fingerprint density at radius 2 is 2.20 bits per heavy atom. The van der Waals surface area contributed by atoms with Crippen LogP contribution in [0.25, 0.3) is 11.3 Å². The van der Waals surface area contributed by atoms with E-state index in [-0.39, 0.29) is 24.3 Å². The fraction of sp³-hybridized carbons (Fsp3) is 0.348. The number of nitrogens with zero attached hydrogens (tertiary/aromatic N) is 6. The molecule has 0 radical (unpaired) electrons.